The number of H-pyrrole nitrogens is 1. The van der Waals surface area contributed by atoms with Crippen LogP contribution in [0.3, 0.4) is 0 Å². The third kappa shape index (κ3) is 2.73. The average Bonchev–Trinajstić information content (AvgIpc) is 3.16. The number of nitrogens with zero attached hydrogens (tertiary/aromatic N) is 4. The molecule has 3 aromatic rings. The van der Waals surface area contributed by atoms with Gasteiger partial charge in [0.1, 0.15) is 0 Å². The Balaban J connectivity index is 1.75. The normalized spacial score (nSPS) is 10.5. The second-order valence-corrected chi connectivity index (χ2v) is 4.30. The van der Waals surface area contributed by atoms with Crippen molar-refractivity contribution in [3.8, 4) is 5.69 Å². The summed E-state index contributed by atoms with van der Waals surface area (Å²) in [5.41, 5.74) is 7.20. The van der Waals surface area contributed by atoms with Crippen molar-refractivity contribution in [2.24, 2.45) is 0 Å². The van der Waals surface area contributed by atoms with E-state index in [1.807, 2.05) is 36.5 Å². The molecule has 0 spiro atoms. The lowest BCUT2D eigenvalue weighted by molar-refractivity contribution is 0.0941. The van der Waals surface area contributed by atoms with E-state index in [-0.39, 0.29) is 17.7 Å². The van der Waals surface area contributed by atoms with Crippen LogP contribution in [-0.2, 0) is 6.54 Å². The number of nitrogen functional groups attached to an aromatic ring is 1. The molecule has 0 aliphatic carbocycles. The van der Waals surface area contributed by atoms with Crippen molar-refractivity contribution >= 4 is 11.9 Å². The number of anilines is 1. The first kappa shape index (κ1) is 12.9. The summed E-state index contributed by atoms with van der Waals surface area (Å²) in [6.45, 7) is 0.343. The molecule has 2 heterocycles. The number of rotatable bonds is 4. The van der Waals surface area contributed by atoms with E-state index in [4.69, 9.17) is 5.73 Å². The fraction of sp³-hybridized carbons (Fsp3) is 0.0769. The van der Waals surface area contributed by atoms with Gasteiger partial charge in [-0.2, -0.15) is 10.1 Å². The van der Waals surface area contributed by atoms with Gasteiger partial charge in [-0.05, 0) is 17.7 Å². The Kier molecular flexibility index (Phi) is 3.34. The third-order valence-corrected chi connectivity index (χ3v) is 2.90. The molecule has 3 rings (SSSR count). The van der Waals surface area contributed by atoms with Crippen LogP contribution in [0.15, 0.2) is 42.7 Å². The SMILES string of the molecule is Nc1n[nH]c(C(=O)NCc2ccccc2-n2cccn2)n1. The van der Waals surface area contributed by atoms with Crippen LogP contribution in [0.5, 0.6) is 0 Å². The highest BCUT2D eigenvalue weighted by atomic mass is 16.2. The number of nitrogens with one attached hydrogen (secondary N) is 2. The number of benzene rings is 1. The highest BCUT2D eigenvalue weighted by molar-refractivity contribution is 5.90. The molecule has 0 aliphatic heterocycles. The lowest BCUT2D eigenvalue weighted by atomic mass is 10.2. The summed E-state index contributed by atoms with van der Waals surface area (Å²) >= 11 is 0. The molecule has 0 saturated heterocycles. The van der Waals surface area contributed by atoms with Crippen LogP contribution < -0.4 is 11.1 Å². The number of carbonyl (C=O) groups excluding carboxylic acids is 1. The lowest BCUT2D eigenvalue weighted by Gasteiger charge is -2.09. The molecule has 0 unspecified atom stereocenters. The number of hydrogen-bond donors (Lipinski definition) is 3. The zero-order valence-electron chi connectivity index (χ0n) is 11.0. The minimum absolute atomic E-state index is 0.0390. The molecule has 0 atom stereocenters. The van der Waals surface area contributed by atoms with Crippen LogP contribution in [0.25, 0.3) is 5.69 Å². The number of hydrogen-bond acceptors (Lipinski definition) is 5. The zero-order valence-corrected chi connectivity index (χ0v) is 11.0. The summed E-state index contributed by atoms with van der Waals surface area (Å²) in [5, 5.41) is 13.0. The summed E-state index contributed by atoms with van der Waals surface area (Å²) in [6, 6.07) is 9.51. The molecule has 8 nitrogen and oxygen atoms in total. The Labute approximate surface area is 120 Å². The number of aromatic nitrogens is 5. The van der Waals surface area contributed by atoms with E-state index in [1.165, 1.54) is 0 Å². The lowest BCUT2D eigenvalue weighted by Crippen LogP contribution is -2.24. The second-order valence-electron chi connectivity index (χ2n) is 4.30. The first-order valence-corrected chi connectivity index (χ1v) is 6.28. The van der Waals surface area contributed by atoms with E-state index in [9.17, 15) is 4.79 Å². The third-order valence-electron chi connectivity index (χ3n) is 2.90. The fourth-order valence-electron chi connectivity index (χ4n) is 1.93. The van der Waals surface area contributed by atoms with Crippen LogP contribution >= 0.6 is 0 Å². The predicted molar refractivity (Wildman–Crippen MR) is 75.5 cm³/mol. The van der Waals surface area contributed by atoms with E-state index in [2.05, 4.69) is 25.6 Å². The minimum atomic E-state index is -0.366. The number of nitrogens with two attached hydrogens (primary N) is 1. The van der Waals surface area contributed by atoms with Crippen LogP contribution in [0.2, 0.25) is 0 Å². The van der Waals surface area contributed by atoms with E-state index in [1.54, 1.807) is 10.9 Å². The van der Waals surface area contributed by atoms with Gasteiger partial charge in [-0.3, -0.25) is 9.89 Å². The van der Waals surface area contributed by atoms with Gasteiger partial charge in [-0.1, -0.05) is 18.2 Å². The van der Waals surface area contributed by atoms with Gasteiger partial charge in [0.25, 0.3) is 5.91 Å². The molecule has 4 N–H and O–H groups in total. The topological polar surface area (TPSA) is 115 Å². The molecule has 2 aromatic heterocycles. The largest absolute Gasteiger partial charge is 0.366 e. The van der Waals surface area contributed by atoms with Crippen molar-refractivity contribution in [2.45, 2.75) is 6.54 Å². The summed E-state index contributed by atoms with van der Waals surface area (Å²) in [4.78, 5) is 15.7. The smallest absolute Gasteiger partial charge is 0.288 e. The van der Waals surface area contributed by atoms with Gasteiger partial charge < -0.3 is 11.1 Å². The van der Waals surface area contributed by atoms with E-state index in [0.717, 1.165) is 11.3 Å². The molecule has 0 saturated carbocycles. The fourth-order valence-corrected chi connectivity index (χ4v) is 1.93. The molecule has 1 aromatic carbocycles. The molecule has 21 heavy (non-hydrogen) atoms. The monoisotopic (exact) mass is 283 g/mol. The summed E-state index contributed by atoms with van der Waals surface area (Å²) in [5.74, 6) is -0.240. The number of para-hydroxylation sites is 1. The van der Waals surface area contributed by atoms with Gasteiger partial charge in [0.15, 0.2) is 0 Å². The van der Waals surface area contributed by atoms with Crippen molar-refractivity contribution in [3.63, 3.8) is 0 Å². The van der Waals surface area contributed by atoms with E-state index < -0.39 is 0 Å². The summed E-state index contributed by atoms with van der Waals surface area (Å²) in [6.07, 6.45) is 3.55. The van der Waals surface area contributed by atoms with Crippen LogP contribution in [0, 0.1) is 0 Å². The van der Waals surface area contributed by atoms with E-state index in [0.29, 0.717) is 6.54 Å². The van der Waals surface area contributed by atoms with Crippen molar-refractivity contribution in [2.75, 3.05) is 5.73 Å². The molecular formula is C13H13N7O. The first-order chi connectivity index (χ1) is 10.2. The molecular weight excluding hydrogens is 270 g/mol. The van der Waals surface area contributed by atoms with Crippen molar-refractivity contribution in [1.82, 2.24) is 30.3 Å². The zero-order chi connectivity index (χ0) is 14.7. The van der Waals surface area contributed by atoms with Gasteiger partial charge in [-0.15, -0.1) is 5.10 Å². The Morgan fingerprint density at radius 3 is 2.90 bits per heavy atom. The van der Waals surface area contributed by atoms with Crippen LogP contribution in [0.4, 0.5) is 5.95 Å². The van der Waals surface area contributed by atoms with Crippen molar-refractivity contribution < 1.29 is 4.79 Å². The number of carbonyl (C=O) groups is 1. The maximum atomic E-state index is 11.9. The Morgan fingerprint density at radius 1 is 1.33 bits per heavy atom. The molecule has 0 bridgehead atoms. The molecule has 106 valence electrons. The van der Waals surface area contributed by atoms with Crippen LogP contribution in [0.1, 0.15) is 16.2 Å². The summed E-state index contributed by atoms with van der Waals surface area (Å²) < 4.78 is 1.74. The Morgan fingerprint density at radius 2 is 2.19 bits per heavy atom. The van der Waals surface area contributed by atoms with Gasteiger partial charge in [0.2, 0.25) is 11.8 Å². The van der Waals surface area contributed by atoms with Gasteiger partial charge in [-0.25, -0.2) is 4.68 Å². The maximum absolute atomic E-state index is 11.9. The van der Waals surface area contributed by atoms with Crippen molar-refractivity contribution in [1.29, 1.82) is 0 Å². The minimum Gasteiger partial charge on any atom is -0.366 e. The predicted octanol–water partition coefficient (Wildman–Crippen LogP) is 0.503. The Bertz CT molecular complexity index is 747. The number of amides is 1. The highest BCUT2D eigenvalue weighted by Gasteiger charge is 2.11. The van der Waals surface area contributed by atoms with Gasteiger partial charge in [0.05, 0.1) is 5.69 Å². The average molecular weight is 283 g/mol. The summed E-state index contributed by atoms with van der Waals surface area (Å²) in [7, 11) is 0. The Hall–Kier alpha value is -3.16. The molecule has 1 amide bonds. The molecule has 8 heteroatoms. The highest BCUT2D eigenvalue weighted by Crippen LogP contribution is 2.13. The maximum Gasteiger partial charge on any atom is 0.288 e. The quantitative estimate of drug-likeness (QED) is 0.645. The van der Waals surface area contributed by atoms with E-state index >= 15 is 0 Å². The molecule has 0 fully saturated rings. The number of aromatic amines is 1. The van der Waals surface area contributed by atoms with Gasteiger partial charge in [0, 0.05) is 18.9 Å². The van der Waals surface area contributed by atoms with Crippen LogP contribution in [-0.4, -0.2) is 30.9 Å². The first-order valence-electron chi connectivity index (χ1n) is 6.28. The second kappa shape index (κ2) is 5.45. The standard InChI is InChI=1S/C13H13N7O/c14-13-17-11(18-19-13)12(21)15-8-9-4-1-2-5-10(9)20-7-3-6-16-20/h1-7H,8H2,(H,15,21)(H3,14,17,18,19). The molecule has 0 aliphatic rings. The van der Waals surface area contributed by atoms with Gasteiger partial charge >= 0.3 is 0 Å². The van der Waals surface area contributed by atoms with Crippen molar-refractivity contribution in [3.05, 3.63) is 54.1 Å². The molecule has 0 radical (unpaired) electrons.